The molecule has 0 heterocycles. The van der Waals surface area contributed by atoms with Crippen LogP contribution >= 0.6 is 0 Å². The van der Waals surface area contributed by atoms with Crippen molar-refractivity contribution in [1.29, 1.82) is 0 Å². The fourth-order valence-electron chi connectivity index (χ4n) is 0.360. The highest BCUT2D eigenvalue weighted by Crippen LogP contribution is 1.96. The molecule has 0 amide bonds. The number of ether oxygens (including phenoxy) is 1. The zero-order chi connectivity index (χ0) is 7.44. The Labute approximate surface area is 54.6 Å². The summed E-state index contributed by atoms with van der Waals surface area (Å²) in [5.74, 6) is -0.358. The van der Waals surface area contributed by atoms with Gasteiger partial charge >= 0.3 is 5.97 Å². The summed E-state index contributed by atoms with van der Waals surface area (Å²) in [6.45, 7) is 4.54. The van der Waals surface area contributed by atoms with Crippen LogP contribution in [0.2, 0.25) is 0 Å². The Balaban J connectivity index is 3.50. The van der Waals surface area contributed by atoms with Crippen LogP contribution in [0.25, 0.3) is 0 Å². The minimum absolute atomic E-state index is 0.358. The molecule has 0 rings (SSSR count). The van der Waals surface area contributed by atoms with Gasteiger partial charge in [0.25, 0.3) is 0 Å². The predicted molar refractivity (Wildman–Crippen MR) is 32.9 cm³/mol. The molecule has 0 spiro atoms. The quantitative estimate of drug-likeness (QED) is 0.550. The number of aliphatic hydroxyl groups is 1. The third-order valence-corrected chi connectivity index (χ3v) is 1.03. The maximum absolute atomic E-state index is 10.2. The summed E-state index contributed by atoms with van der Waals surface area (Å²) in [5.41, 5.74) is 0. The topological polar surface area (TPSA) is 46.5 Å². The molecule has 3 heteroatoms. The van der Waals surface area contributed by atoms with E-state index in [1.807, 2.05) is 0 Å². The van der Waals surface area contributed by atoms with Crippen molar-refractivity contribution < 1.29 is 14.6 Å². The predicted octanol–water partition coefficient (Wildman–Crippen LogP) is 0.319. The zero-order valence-corrected chi connectivity index (χ0v) is 5.92. The number of hydrogen-bond acceptors (Lipinski definition) is 3. The van der Waals surface area contributed by atoms with Gasteiger partial charge in [-0.3, -0.25) is 4.79 Å². The van der Waals surface area contributed by atoms with E-state index in [1.54, 1.807) is 13.8 Å². The van der Waals surface area contributed by atoms with Crippen LogP contribution in [-0.4, -0.2) is 23.3 Å². The molecule has 0 aromatic heterocycles. The maximum atomic E-state index is 10.2. The van der Waals surface area contributed by atoms with Crippen molar-refractivity contribution in [3.63, 3.8) is 0 Å². The lowest BCUT2D eigenvalue weighted by Crippen LogP contribution is -2.24. The second kappa shape index (κ2) is 3.45. The van der Waals surface area contributed by atoms with Crippen LogP contribution in [-0.2, 0) is 9.53 Å². The fourth-order valence-corrected chi connectivity index (χ4v) is 0.360. The number of carbonyl (C=O) groups is 1. The van der Waals surface area contributed by atoms with Crippen molar-refractivity contribution in [2.45, 2.75) is 33.0 Å². The van der Waals surface area contributed by atoms with Crippen molar-refractivity contribution in [2.24, 2.45) is 0 Å². The molecule has 0 aliphatic heterocycles. The van der Waals surface area contributed by atoms with E-state index in [9.17, 15) is 4.79 Å². The lowest BCUT2D eigenvalue weighted by Gasteiger charge is -2.13. The summed E-state index contributed by atoms with van der Waals surface area (Å²) in [7, 11) is 0. The lowest BCUT2D eigenvalue weighted by molar-refractivity contribution is -0.150. The summed E-state index contributed by atoms with van der Waals surface area (Å²) in [4.78, 5) is 10.2. The van der Waals surface area contributed by atoms with Crippen LogP contribution in [0.3, 0.4) is 0 Å². The van der Waals surface area contributed by atoms with Crippen LogP contribution in [0.4, 0.5) is 0 Å². The maximum Gasteiger partial charge on any atom is 0.302 e. The molecular formula is C6H12O3. The second-order valence-corrected chi connectivity index (χ2v) is 2.06. The van der Waals surface area contributed by atoms with Crippen molar-refractivity contribution in [3.05, 3.63) is 0 Å². The SMILES string of the molecule is CC(=O)O[C@H](C)[C@@H](C)O. The highest BCUT2D eigenvalue weighted by molar-refractivity contribution is 5.66. The molecule has 0 saturated heterocycles. The Bertz CT molecular complexity index is 98.5. The van der Waals surface area contributed by atoms with Crippen LogP contribution in [0.1, 0.15) is 20.8 Å². The minimum Gasteiger partial charge on any atom is -0.460 e. The van der Waals surface area contributed by atoms with Gasteiger partial charge in [0.05, 0.1) is 6.10 Å². The highest BCUT2D eigenvalue weighted by atomic mass is 16.6. The molecule has 1 N–H and O–H groups in total. The molecular weight excluding hydrogens is 120 g/mol. The molecule has 9 heavy (non-hydrogen) atoms. The molecule has 3 nitrogen and oxygen atoms in total. The van der Waals surface area contributed by atoms with Gasteiger partial charge in [0.1, 0.15) is 6.10 Å². The normalized spacial score (nSPS) is 16.4. The van der Waals surface area contributed by atoms with E-state index in [4.69, 9.17) is 5.11 Å². The first-order chi connectivity index (χ1) is 4.04. The molecule has 0 aromatic carbocycles. The van der Waals surface area contributed by atoms with Gasteiger partial charge in [-0.15, -0.1) is 0 Å². The molecule has 0 bridgehead atoms. The average Bonchev–Trinajstić information content (AvgIpc) is 1.63. The molecule has 54 valence electrons. The number of hydrogen-bond donors (Lipinski definition) is 1. The third-order valence-electron chi connectivity index (χ3n) is 1.03. The smallest absolute Gasteiger partial charge is 0.302 e. The average molecular weight is 132 g/mol. The monoisotopic (exact) mass is 132 g/mol. The largest absolute Gasteiger partial charge is 0.460 e. The number of esters is 1. The lowest BCUT2D eigenvalue weighted by atomic mass is 10.3. The van der Waals surface area contributed by atoms with Crippen molar-refractivity contribution in [1.82, 2.24) is 0 Å². The van der Waals surface area contributed by atoms with Crippen LogP contribution < -0.4 is 0 Å². The summed E-state index contributed by atoms with van der Waals surface area (Å²) < 4.78 is 4.62. The van der Waals surface area contributed by atoms with Gasteiger partial charge in [0.2, 0.25) is 0 Å². The number of aliphatic hydroxyl groups excluding tert-OH is 1. The summed E-state index contributed by atoms with van der Waals surface area (Å²) in [6.07, 6.45) is -0.989. The first-order valence-electron chi connectivity index (χ1n) is 2.89. The molecule has 0 radical (unpaired) electrons. The number of carbonyl (C=O) groups excluding carboxylic acids is 1. The van der Waals surface area contributed by atoms with Gasteiger partial charge in [-0.05, 0) is 13.8 Å². The summed E-state index contributed by atoms with van der Waals surface area (Å²) in [6, 6.07) is 0. The van der Waals surface area contributed by atoms with Crippen LogP contribution in [0.5, 0.6) is 0 Å². The molecule has 0 fully saturated rings. The highest BCUT2D eigenvalue weighted by Gasteiger charge is 2.10. The van der Waals surface area contributed by atoms with Gasteiger partial charge in [-0.2, -0.15) is 0 Å². The Kier molecular flexibility index (Phi) is 3.24. The van der Waals surface area contributed by atoms with E-state index < -0.39 is 12.2 Å². The summed E-state index contributed by atoms with van der Waals surface area (Å²) in [5, 5.41) is 8.79. The van der Waals surface area contributed by atoms with Crippen LogP contribution in [0, 0.1) is 0 Å². The van der Waals surface area contributed by atoms with Gasteiger partial charge in [0, 0.05) is 6.92 Å². The third kappa shape index (κ3) is 3.97. The van der Waals surface area contributed by atoms with Crippen molar-refractivity contribution >= 4 is 5.97 Å². The van der Waals surface area contributed by atoms with E-state index in [0.717, 1.165) is 0 Å². The van der Waals surface area contributed by atoms with Gasteiger partial charge in [-0.25, -0.2) is 0 Å². The second-order valence-electron chi connectivity index (χ2n) is 2.06. The fraction of sp³-hybridized carbons (Fsp3) is 0.833. The van der Waals surface area contributed by atoms with E-state index >= 15 is 0 Å². The van der Waals surface area contributed by atoms with Crippen molar-refractivity contribution in [2.75, 3.05) is 0 Å². The van der Waals surface area contributed by atoms with Gasteiger partial charge in [0.15, 0.2) is 0 Å². The van der Waals surface area contributed by atoms with E-state index in [0.29, 0.717) is 0 Å². The van der Waals surface area contributed by atoms with E-state index in [1.165, 1.54) is 6.92 Å². The Morgan fingerprint density at radius 3 is 2.11 bits per heavy atom. The first-order valence-corrected chi connectivity index (χ1v) is 2.89. The van der Waals surface area contributed by atoms with E-state index in [2.05, 4.69) is 4.74 Å². The Morgan fingerprint density at radius 1 is 1.56 bits per heavy atom. The van der Waals surface area contributed by atoms with E-state index in [-0.39, 0.29) is 5.97 Å². The molecule has 0 aliphatic rings. The zero-order valence-electron chi connectivity index (χ0n) is 5.92. The summed E-state index contributed by atoms with van der Waals surface area (Å²) >= 11 is 0. The minimum atomic E-state index is -0.589. The first kappa shape index (κ1) is 8.43. The molecule has 2 atom stereocenters. The van der Waals surface area contributed by atoms with Gasteiger partial charge in [-0.1, -0.05) is 0 Å². The Hall–Kier alpha value is -0.570. The molecule has 0 unspecified atom stereocenters. The molecule has 0 saturated carbocycles. The van der Waals surface area contributed by atoms with Crippen molar-refractivity contribution in [3.8, 4) is 0 Å². The number of rotatable bonds is 2. The molecule has 0 aromatic rings. The van der Waals surface area contributed by atoms with Crippen LogP contribution in [0.15, 0.2) is 0 Å². The Morgan fingerprint density at radius 2 is 2.00 bits per heavy atom. The standard InChI is InChI=1S/C6H12O3/c1-4(7)5(2)9-6(3)8/h4-5,7H,1-3H3/t4-,5-/m1/s1. The van der Waals surface area contributed by atoms with Gasteiger partial charge < -0.3 is 9.84 Å². The molecule has 0 aliphatic carbocycles.